The Morgan fingerprint density at radius 1 is 1.03 bits per heavy atom. The summed E-state index contributed by atoms with van der Waals surface area (Å²) in [6.07, 6.45) is 0. The van der Waals surface area contributed by atoms with Crippen molar-refractivity contribution in [2.75, 3.05) is 0 Å². The molecule has 0 saturated heterocycles. The minimum Gasteiger partial charge on any atom is -0.342 e. The lowest BCUT2D eigenvalue weighted by Gasteiger charge is -2.18. The van der Waals surface area contributed by atoms with Crippen LogP contribution in [0.3, 0.4) is 0 Å². The predicted octanol–water partition coefficient (Wildman–Crippen LogP) is 6.67. The van der Waals surface area contributed by atoms with Gasteiger partial charge in [-0.1, -0.05) is 83.5 Å². The van der Waals surface area contributed by atoms with Crippen molar-refractivity contribution in [1.82, 2.24) is 20.1 Å². The molecule has 4 rings (SSSR count). The van der Waals surface area contributed by atoms with Gasteiger partial charge in [0.05, 0.1) is 16.8 Å². The lowest BCUT2D eigenvalue weighted by Crippen LogP contribution is -2.29. The fraction of sp³-hybridized carbons (Fsp3) is 0.160. The van der Waals surface area contributed by atoms with Crippen molar-refractivity contribution in [2.24, 2.45) is 0 Å². The van der Waals surface area contributed by atoms with Crippen molar-refractivity contribution in [2.45, 2.75) is 30.8 Å². The number of aryl methyl sites for hydroxylation is 1. The van der Waals surface area contributed by atoms with Crippen LogP contribution in [-0.4, -0.2) is 20.7 Å². The van der Waals surface area contributed by atoms with Crippen LogP contribution in [0.5, 0.6) is 0 Å². The van der Waals surface area contributed by atoms with Crippen molar-refractivity contribution < 1.29 is 4.79 Å². The number of carbonyl (C=O) groups excluding carboxylic acids is 1. The van der Waals surface area contributed by atoms with Gasteiger partial charge in [-0.2, -0.15) is 0 Å². The lowest BCUT2D eigenvalue weighted by molar-refractivity contribution is 0.0937. The summed E-state index contributed by atoms with van der Waals surface area (Å²) in [4.78, 5) is 12.9. The molecule has 168 valence electrons. The van der Waals surface area contributed by atoms with Crippen LogP contribution in [0.15, 0.2) is 78.0 Å². The van der Waals surface area contributed by atoms with Crippen LogP contribution in [0.1, 0.15) is 40.3 Å². The maximum atomic E-state index is 12.9. The molecule has 0 aliphatic carbocycles. The summed E-state index contributed by atoms with van der Waals surface area (Å²) >= 11 is 14.2. The molecule has 5 nitrogen and oxygen atoms in total. The van der Waals surface area contributed by atoms with Gasteiger partial charge in [0, 0.05) is 16.3 Å². The molecule has 4 aromatic rings. The number of aromatic nitrogens is 3. The van der Waals surface area contributed by atoms with Crippen LogP contribution in [-0.2, 0) is 5.75 Å². The lowest BCUT2D eigenvalue weighted by atomic mass is 10.1. The summed E-state index contributed by atoms with van der Waals surface area (Å²) in [6, 6.07) is 22.5. The van der Waals surface area contributed by atoms with Crippen molar-refractivity contribution in [3.63, 3.8) is 0 Å². The molecule has 0 aliphatic heterocycles. The smallest absolute Gasteiger partial charge is 0.252 e. The highest BCUT2D eigenvalue weighted by Gasteiger charge is 2.23. The van der Waals surface area contributed by atoms with E-state index in [1.807, 2.05) is 60.9 Å². The van der Waals surface area contributed by atoms with Crippen LogP contribution < -0.4 is 5.32 Å². The standard InChI is InChI=1S/C25H22Cl2N4OS/c1-16-8-6-7-11-20(16)24(32)28-17(2)23-29-30-25(33-15-18-9-4-3-5-10-18)31(23)22-13-12-19(26)14-21(22)27/h3-14,17H,15H2,1-2H3,(H,28,32). The van der Waals surface area contributed by atoms with E-state index in [-0.39, 0.29) is 5.91 Å². The number of rotatable bonds is 7. The second-order valence-electron chi connectivity index (χ2n) is 7.56. The van der Waals surface area contributed by atoms with Gasteiger partial charge in [0.25, 0.3) is 5.91 Å². The molecule has 1 amide bonds. The maximum Gasteiger partial charge on any atom is 0.252 e. The Labute approximate surface area is 207 Å². The normalized spacial score (nSPS) is 11.9. The van der Waals surface area contributed by atoms with Crippen molar-refractivity contribution >= 4 is 40.9 Å². The van der Waals surface area contributed by atoms with Gasteiger partial charge in [-0.15, -0.1) is 10.2 Å². The van der Waals surface area contributed by atoms with E-state index in [1.54, 1.807) is 30.0 Å². The molecule has 0 saturated carbocycles. The van der Waals surface area contributed by atoms with E-state index >= 15 is 0 Å². The first kappa shape index (κ1) is 23.4. The average molecular weight is 497 g/mol. The van der Waals surface area contributed by atoms with Gasteiger partial charge in [0.2, 0.25) is 0 Å². The molecule has 0 spiro atoms. The SMILES string of the molecule is Cc1ccccc1C(=O)NC(C)c1nnc(SCc2ccccc2)n1-c1ccc(Cl)cc1Cl. The second kappa shape index (κ2) is 10.4. The topological polar surface area (TPSA) is 59.8 Å². The zero-order valence-electron chi connectivity index (χ0n) is 18.1. The molecule has 33 heavy (non-hydrogen) atoms. The minimum absolute atomic E-state index is 0.171. The van der Waals surface area contributed by atoms with Gasteiger partial charge < -0.3 is 5.32 Å². The average Bonchev–Trinajstić information content (AvgIpc) is 3.22. The molecule has 0 bridgehead atoms. The van der Waals surface area contributed by atoms with Crippen molar-refractivity contribution in [3.8, 4) is 5.69 Å². The van der Waals surface area contributed by atoms with Gasteiger partial charge in [0.1, 0.15) is 0 Å². The summed E-state index contributed by atoms with van der Waals surface area (Å²) in [5.41, 5.74) is 3.40. The monoisotopic (exact) mass is 496 g/mol. The van der Waals surface area contributed by atoms with Crippen LogP contribution in [0.4, 0.5) is 0 Å². The first-order valence-electron chi connectivity index (χ1n) is 10.4. The zero-order valence-corrected chi connectivity index (χ0v) is 20.5. The third-order valence-corrected chi connectivity index (χ3v) is 6.68. The van der Waals surface area contributed by atoms with Gasteiger partial charge in [-0.25, -0.2) is 0 Å². The van der Waals surface area contributed by atoms with E-state index in [1.165, 1.54) is 5.56 Å². The first-order chi connectivity index (χ1) is 15.9. The summed E-state index contributed by atoms with van der Waals surface area (Å²) in [7, 11) is 0. The molecule has 0 radical (unpaired) electrons. The number of benzene rings is 3. The number of thioether (sulfide) groups is 1. The quantitative estimate of drug-likeness (QED) is 0.290. The first-order valence-corrected chi connectivity index (χ1v) is 12.1. The molecular weight excluding hydrogens is 475 g/mol. The van der Waals surface area contributed by atoms with Crippen molar-refractivity contribution in [1.29, 1.82) is 0 Å². The molecular formula is C25H22Cl2N4OS. The summed E-state index contributed by atoms with van der Waals surface area (Å²) in [5.74, 6) is 1.13. The van der Waals surface area contributed by atoms with Gasteiger partial charge >= 0.3 is 0 Å². The van der Waals surface area contributed by atoms with E-state index in [0.717, 1.165) is 5.56 Å². The molecule has 1 heterocycles. The molecule has 8 heteroatoms. The molecule has 3 aromatic carbocycles. The summed E-state index contributed by atoms with van der Waals surface area (Å²) in [5, 5.41) is 13.6. The predicted molar refractivity (Wildman–Crippen MR) is 134 cm³/mol. The Hall–Kier alpha value is -2.80. The Bertz CT molecular complexity index is 1280. The molecule has 1 atom stereocenters. The fourth-order valence-corrected chi connectivity index (χ4v) is 4.83. The summed E-state index contributed by atoms with van der Waals surface area (Å²) < 4.78 is 1.88. The molecule has 1 unspecified atom stereocenters. The Morgan fingerprint density at radius 2 is 1.76 bits per heavy atom. The second-order valence-corrected chi connectivity index (χ2v) is 9.34. The number of hydrogen-bond acceptors (Lipinski definition) is 4. The number of nitrogens with zero attached hydrogens (tertiary/aromatic N) is 3. The molecule has 1 aromatic heterocycles. The number of nitrogens with one attached hydrogen (secondary N) is 1. The van der Waals surface area contributed by atoms with Gasteiger partial charge in [0.15, 0.2) is 11.0 Å². The Morgan fingerprint density at radius 3 is 2.48 bits per heavy atom. The highest BCUT2D eigenvalue weighted by Crippen LogP contribution is 2.32. The number of amides is 1. The third-order valence-electron chi connectivity index (χ3n) is 5.14. The molecule has 0 aliphatic rings. The zero-order chi connectivity index (χ0) is 23.4. The third kappa shape index (κ3) is 5.41. The molecule has 0 fully saturated rings. The molecule has 1 N–H and O–H groups in total. The van der Waals surface area contributed by atoms with E-state index in [4.69, 9.17) is 23.2 Å². The Balaban J connectivity index is 1.67. The minimum atomic E-state index is -0.414. The van der Waals surface area contributed by atoms with E-state index in [2.05, 4.69) is 27.6 Å². The fourth-order valence-electron chi connectivity index (χ4n) is 3.43. The van der Waals surface area contributed by atoms with Gasteiger partial charge in [-0.3, -0.25) is 9.36 Å². The highest BCUT2D eigenvalue weighted by molar-refractivity contribution is 7.98. The van der Waals surface area contributed by atoms with Crippen LogP contribution >= 0.6 is 35.0 Å². The number of hydrogen-bond donors (Lipinski definition) is 1. The summed E-state index contributed by atoms with van der Waals surface area (Å²) in [6.45, 7) is 3.79. The van der Waals surface area contributed by atoms with E-state index in [0.29, 0.717) is 38.0 Å². The van der Waals surface area contributed by atoms with Crippen LogP contribution in [0.2, 0.25) is 10.0 Å². The Kier molecular flexibility index (Phi) is 7.38. The van der Waals surface area contributed by atoms with E-state index in [9.17, 15) is 4.79 Å². The number of halogens is 2. The largest absolute Gasteiger partial charge is 0.342 e. The highest BCUT2D eigenvalue weighted by atomic mass is 35.5. The number of carbonyl (C=O) groups is 1. The van der Waals surface area contributed by atoms with Crippen LogP contribution in [0.25, 0.3) is 5.69 Å². The van der Waals surface area contributed by atoms with Crippen molar-refractivity contribution in [3.05, 3.63) is 105 Å². The van der Waals surface area contributed by atoms with E-state index < -0.39 is 6.04 Å². The maximum absolute atomic E-state index is 12.9. The van der Waals surface area contributed by atoms with Gasteiger partial charge in [-0.05, 0) is 49.2 Å². The van der Waals surface area contributed by atoms with Crippen LogP contribution in [0, 0.1) is 6.92 Å².